The van der Waals surface area contributed by atoms with Crippen LogP contribution in [0.4, 0.5) is 0 Å². The van der Waals surface area contributed by atoms with Crippen molar-refractivity contribution in [2.75, 3.05) is 0 Å². The van der Waals surface area contributed by atoms with E-state index in [4.69, 9.17) is 11.5 Å². The SMILES string of the molecule is C[C@H](N)CCCC[C@H]1CCCCC(N)=N1. The number of rotatable bonds is 5. The molecule has 0 fully saturated rings. The minimum Gasteiger partial charge on any atom is -0.387 e. The molecule has 3 heteroatoms. The standard InChI is InChI=1S/C12H25N3/c1-10(13)6-2-3-7-11-8-4-5-9-12(14)15-11/h10-11H,2-9,13H2,1H3,(H2,14,15)/t10-,11-/m0/s1. The van der Waals surface area contributed by atoms with Crippen molar-refractivity contribution in [3.63, 3.8) is 0 Å². The lowest BCUT2D eigenvalue weighted by atomic mass is 10.0. The summed E-state index contributed by atoms with van der Waals surface area (Å²) in [5.41, 5.74) is 11.5. The lowest BCUT2D eigenvalue weighted by molar-refractivity contribution is 0.502. The number of hydrogen-bond donors (Lipinski definition) is 2. The van der Waals surface area contributed by atoms with Gasteiger partial charge in [0, 0.05) is 12.5 Å². The predicted octanol–water partition coefficient (Wildman–Crippen LogP) is 2.19. The van der Waals surface area contributed by atoms with E-state index in [9.17, 15) is 0 Å². The Bertz CT molecular complexity index is 199. The van der Waals surface area contributed by atoms with E-state index in [1.54, 1.807) is 0 Å². The zero-order valence-electron chi connectivity index (χ0n) is 9.91. The maximum atomic E-state index is 5.81. The van der Waals surface area contributed by atoms with Gasteiger partial charge in [-0.05, 0) is 32.6 Å². The van der Waals surface area contributed by atoms with E-state index in [0.717, 1.165) is 18.7 Å². The highest BCUT2D eigenvalue weighted by molar-refractivity contribution is 5.80. The molecule has 0 radical (unpaired) electrons. The van der Waals surface area contributed by atoms with Crippen LogP contribution in [0.5, 0.6) is 0 Å². The molecule has 1 aliphatic heterocycles. The summed E-state index contributed by atoms with van der Waals surface area (Å²) in [4.78, 5) is 4.56. The van der Waals surface area contributed by atoms with E-state index in [2.05, 4.69) is 11.9 Å². The molecule has 1 aliphatic rings. The van der Waals surface area contributed by atoms with Gasteiger partial charge in [-0.3, -0.25) is 4.99 Å². The average Bonchev–Trinajstić information content (AvgIpc) is 2.37. The van der Waals surface area contributed by atoms with Crippen molar-refractivity contribution >= 4 is 5.84 Å². The third-order valence-corrected chi connectivity index (χ3v) is 3.02. The molecule has 0 aromatic carbocycles. The number of nitrogens with zero attached hydrogens (tertiary/aromatic N) is 1. The first-order chi connectivity index (χ1) is 7.18. The summed E-state index contributed by atoms with van der Waals surface area (Å²) in [6, 6.07) is 0.827. The van der Waals surface area contributed by atoms with E-state index in [1.807, 2.05) is 0 Å². The van der Waals surface area contributed by atoms with E-state index in [0.29, 0.717) is 12.1 Å². The summed E-state index contributed by atoms with van der Waals surface area (Å²) in [5, 5.41) is 0. The van der Waals surface area contributed by atoms with Gasteiger partial charge in [-0.2, -0.15) is 0 Å². The Kier molecular flexibility index (Phi) is 5.69. The minimum absolute atomic E-state index is 0.340. The minimum atomic E-state index is 0.340. The van der Waals surface area contributed by atoms with Crippen LogP contribution >= 0.6 is 0 Å². The van der Waals surface area contributed by atoms with Gasteiger partial charge < -0.3 is 11.5 Å². The van der Waals surface area contributed by atoms with Crippen LogP contribution in [-0.2, 0) is 0 Å². The van der Waals surface area contributed by atoms with Crippen LogP contribution in [0, 0.1) is 0 Å². The van der Waals surface area contributed by atoms with Crippen molar-refractivity contribution in [2.24, 2.45) is 16.5 Å². The Morgan fingerprint density at radius 3 is 2.93 bits per heavy atom. The first-order valence-corrected chi connectivity index (χ1v) is 6.26. The fourth-order valence-electron chi connectivity index (χ4n) is 2.10. The number of unbranched alkanes of at least 4 members (excludes halogenated alkanes) is 1. The Hall–Kier alpha value is -0.570. The molecule has 4 N–H and O–H groups in total. The summed E-state index contributed by atoms with van der Waals surface area (Å²) in [6.07, 6.45) is 9.49. The monoisotopic (exact) mass is 211 g/mol. The van der Waals surface area contributed by atoms with Crippen molar-refractivity contribution in [3.05, 3.63) is 0 Å². The van der Waals surface area contributed by atoms with E-state index < -0.39 is 0 Å². The lowest BCUT2D eigenvalue weighted by Crippen LogP contribution is -2.15. The molecule has 0 saturated heterocycles. The van der Waals surface area contributed by atoms with Crippen molar-refractivity contribution in [2.45, 2.75) is 70.4 Å². The van der Waals surface area contributed by atoms with Gasteiger partial charge >= 0.3 is 0 Å². The van der Waals surface area contributed by atoms with Crippen molar-refractivity contribution in [1.29, 1.82) is 0 Å². The third-order valence-electron chi connectivity index (χ3n) is 3.02. The van der Waals surface area contributed by atoms with Crippen molar-refractivity contribution in [3.8, 4) is 0 Å². The Labute approximate surface area is 93.3 Å². The van der Waals surface area contributed by atoms with Crippen molar-refractivity contribution in [1.82, 2.24) is 0 Å². The fourth-order valence-corrected chi connectivity index (χ4v) is 2.10. The molecule has 15 heavy (non-hydrogen) atoms. The third kappa shape index (κ3) is 5.78. The summed E-state index contributed by atoms with van der Waals surface area (Å²) in [7, 11) is 0. The molecule has 1 rings (SSSR count). The quantitative estimate of drug-likeness (QED) is 0.685. The molecule has 3 nitrogen and oxygen atoms in total. The molecule has 0 amide bonds. The summed E-state index contributed by atoms with van der Waals surface area (Å²) in [5.74, 6) is 0.865. The Balaban J connectivity index is 2.16. The van der Waals surface area contributed by atoms with Gasteiger partial charge in [0.1, 0.15) is 0 Å². The maximum absolute atomic E-state index is 5.81. The molecule has 0 unspecified atom stereocenters. The lowest BCUT2D eigenvalue weighted by Gasteiger charge is -2.11. The molecule has 0 aliphatic carbocycles. The second-order valence-electron chi connectivity index (χ2n) is 4.78. The highest BCUT2D eigenvalue weighted by atomic mass is 14.9. The molecule has 0 spiro atoms. The van der Waals surface area contributed by atoms with Gasteiger partial charge in [0.05, 0.1) is 11.9 Å². The second kappa shape index (κ2) is 6.83. The number of hydrogen-bond acceptors (Lipinski definition) is 3. The van der Waals surface area contributed by atoms with Gasteiger partial charge in [-0.15, -0.1) is 0 Å². The fraction of sp³-hybridized carbons (Fsp3) is 0.917. The first kappa shape index (κ1) is 12.5. The molecule has 0 bridgehead atoms. The second-order valence-corrected chi connectivity index (χ2v) is 4.78. The smallest absolute Gasteiger partial charge is 0.0940 e. The number of aliphatic imine (C=N–C) groups is 1. The topological polar surface area (TPSA) is 64.4 Å². The first-order valence-electron chi connectivity index (χ1n) is 6.26. The highest BCUT2D eigenvalue weighted by Gasteiger charge is 2.11. The summed E-state index contributed by atoms with van der Waals surface area (Å²) < 4.78 is 0. The van der Waals surface area contributed by atoms with E-state index in [-0.39, 0.29) is 0 Å². The summed E-state index contributed by atoms with van der Waals surface area (Å²) in [6.45, 7) is 2.07. The molecular formula is C12H25N3. The van der Waals surface area contributed by atoms with E-state index in [1.165, 1.54) is 38.5 Å². The van der Waals surface area contributed by atoms with Crippen LogP contribution in [0.2, 0.25) is 0 Å². The number of amidine groups is 1. The van der Waals surface area contributed by atoms with Crippen LogP contribution in [0.1, 0.15) is 58.3 Å². The van der Waals surface area contributed by atoms with Crippen LogP contribution in [0.25, 0.3) is 0 Å². The molecular weight excluding hydrogens is 186 g/mol. The zero-order chi connectivity index (χ0) is 11.1. The molecule has 1 heterocycles. The summed E-state index contributed by atoms with van der Waals surface area (Å²) >= 11 is 0. The van der Waals surface area contributed by atoms with Gasteiger partial charge in [0.2, 0.25) is 0 Å². The van der Waals surface area contributed by atoms with Crippen LogP contribution in [-0.4, -0.2) is 17.9 Å². The van der Waals surface area contributed by atoms with Gasteiger partial charge in [0.25, 0.3) is 0 Å². The molecule has 0 aromatic heterocycles. The van der Waals surface area contributed by atoms with Crippen LogP contribution < -0.4 is 11.5 Å². The molecule has 0 saturated carbocycles. The number of nitrogens with two attached hydrogens (primary N) is 2. The van der Waals surface area contributed by atoms with E-state index >= 15 is 0 Å². The average molecular weight is 211 g/mol. The van der Waals surface area contributed by atoms with Gasteiger partial charge in [-0.1, -0.05) is 19.3 Å². The highest BCUT2D eigenvalue weighted by Crippen LogP contribution is 2.17. The van der Waals surface area contributed by atoms with Crippen molar-refractivity contribution < 1.29 is 0 Å². The largest absolute Gasteiger partial charge is 0.387 e. The molecule has 2 atom stereocenters. The normalized spacial score (nSPS) is 24.4. The Morgan fingerprint density at radius 2 is 2.20 bits per heavy atom. The van der Waals surface area contributed by atoms with Gasteiger partial charge in [0.15, 0.2) is 0 Å². The van der Waals surface area contributed by atoms with Crippen LogP contribution in [0.3, 0.4) is 0 Å². The predicted molar refractivity (Wildman–Crippen MR) is 66.0 cm³/mol. The molecule has 0 aromatic rings. The maximum Gasteiger partial charge on any atom is 0.0940 e. The van der Waals surface area contributed by atoms with Gasteiger partial charge in [-0.25, -0.2) is 0 Å². The van der Waals surface area contributed by atoms with Crippen LogP contribution in [0.15, 0.2) is 4.99 Å². The zero-order valence-corrected chi connectivity index (χ0v) is 9.91. The molecule has 88 valence electrons. The Morgan fingerprint density at radius 1 is 1.40 bits per heavy atom.